The van der Waals surface area contributed by atoms with E-state index in [1.165, 1.54) is 0 Å². The maximum atomic E-state index is 13.4. The summed E-state index contributed by atoms with van der Waals surface area (Å²) in [5.41, 5.74) is -2.80. The van der Waals surface area contributed by atoms with Gasteiger partial charge in [0.05, 0.1) is 12.2 Å². The summed E-state index contributed by atoms with van der Waals surface area (Å²) in [7, 11) is 1.62. The molecule has 94 valence electrons. The summed E-state index contributed by atoms with van der Waals surface area (Å²) in [6, 6.07) is -0.880. The first-order chi connectivity index (χ1) is 7.47. The largest absolute Gasteiger partial charge is 0.370 e. The Morgan fingerprint density at radius 2 is 2.00 bits per heavy atom. The van der Waals surface area contributed by atoms with Crippen LogP contribution in [0.5, 0.6) is 0 Å². The number of alkyl halides is 2. The molecule has 6 heteroatoms. The van der Waals surface area contributed by atoms with Crippen molar-refractivity contribution in [1.82, 2.24) is 10.6 Å². The van der Waals surface area contributed by atoms with Gasteiger partial charge in [0.15, 0.2) is 0 Å². The molecule has 4 atom stereocenters. The van der Waals surface area contributed by atoms with Gasteiger partial charge in [-0.3, -0.25) is 0 Å². The topological polar surface area (TPSA) is 33.3 Å². The van der Waals surface area contributed by atoms with Crippen LogP contribution in [0, 0.1) is 5.92 Å². The number of hydrogen-bond acceptors (Lipinski definition) is 3. The first-order valence-corrected chi connectivity index (χ1v) is 6.31. The van der Waals surface area contributed by atoms with E-state index in [1.807, 2.05) is 0 Å². The van der Waals surface area contributed by atoms with Crippen LogP contribution in [0.15, 0.2) is 0 Å². The Balaban J connectivity index is 1.97. The second-order valence-electron chi connectivity index (χ2n) is 4.86. The van der Waals surface area contributed by atoms with Crippen LogP contribution in [0.3, 0.4) is 0 Å². The van der Waals surface area contributed by atoms with E-state index in [0.29, 0.717) is 18.9 Å². The van der Waals surface area contributed by atoms with Gasteiger partial charge in [-0.05, 0) is 18.9 Å². The molecule has 0 spiro atoms. The number of halogens is 2. The zero-order chi connectivity index (χ0) is 11.8. The first kappa shape index (κ1) is 12.6. The Hall–Kier alpha value is 0.170. The average Bonchev–Trinajstić information content (AvgIpc) is 2.09. The molecule has 16 heavy (non-hydrogen) atoms. The first-order valence-electron chi connectivity index (χ1n) is 5.73. The molecule has 0 amide bonds. The number of ether oxygens (including phenoxy) is 1. The lowest BCUT2D eigenvalue weighted by atomic mass is 9.93. The van der Waals surface area contributed by atoms with Gasteiger partial charge >= 0.3 is 0 Å². The molecule has 0 aromatic rings. The van der Waals surface area contributed by atoms with Gasteiger partial charge in [0.2, 0.25) is 0 Å². The Kier molecular flexibility index (Phi) is 3.79. The lowest BCUT2D eigenvalue weighted by Gasteiger charge is -2.41. The molecule has 2 aliphatic rings. The van der Waals surface area contributed by atoms with Crippen molar-refractivity contribution in [3.05, 3.63) is 0 Å². The predicted molar refractivity (Wildman–Crippen MR) is 61.8 cm³/mol. The van der Waals surface area contributed by atoms with Gasteiger partial charge < -0.3 is 15.4 Å². The molecule has 3 nitrogen and oxygen atoms in total. The quantitative estimate of drug-likeness (QED) is 0.729. The van der Waals surface area contributed by atoms with E-state index < -0.39 is 11.7 Å². The molecule has 0 radical (unpaired) electrons. The van der Waals surface area contributed by atoms with Crippen LogP contribution in [-0.2, 0) is 4.74 Å². The highest BCUT2D eigenvalue weighted by atomic mass is 31.0. The molecule has 0 bridgehead atoms. The van der Waals surface area contributed by atoms with Crippen LogP contribution in [0.4, 0.5) is 8.78 Å². The van der Waals surface area contributed by atoms with E-state index in [-0.39, 0.29) is 12.2 Å². The monoisotopic (exact) mass is 252 g/mol. The zero-order valence-corrected chi connectivity index (χ0v) is 10.5. The normalized spacial score (nSPS) is 37.1. The minimum absolute atomic E-state index is 0.104. The molecule has 4 unspecified atom stereocenters. The lowest BCUT2D eigenvalue weighted by Crippen LogP contribution is -2.60. The highest BCUT2D eigenvalue weighted by Gasteiger charge is 2.44. The molecular formula is C10H19F2N2OP. The average molecular weight is 252 g/mol. The van der Waals surface area contributed by atoms with Crippen molar-refractivity contribution in [2.45, 2.75) is 37.3 Å². The van der Waals surface area contributed by atoms with Crippen molar-refractivity contribution in [3.63, 3.8) is 0 Å². The van der Waals surface area contributed by atoms with Crippen LogP contribution in [0.25, 0.3) is 0 Å². The molecular weight excluding hydrogens is 233 g/mol. The van der Waals surface area contributed by atoms with E-state index in [1.54, 1.807) is 9.24 Å². The van der Waals surface area contributed by atoms with Gasteiger partial charge in [0.1, 0.15) is 6.04 Å². The second kappa shape index (κ2) is 4.81. The summed E-state index contributed by atoms with van der Waals surface area (Å²) in [5, 5.41) is 5.97. The summed E-state index contributed by atoms with van der Waals surface area (Å²) in [6.07, 6.45) is 0.424. The lowest BCUT2D eigenvalue weighted by molar-refractivity contribution is -0.109. The summed E-state index contributed by atoms with van der Waals surface area (Å²) >= 11 is 0. The fraction of sp³-hybridized carbons (Fsp3) is 1.00. The second-order valence-corrected chi connectivity index (χ2v) is 5.63. The van der Waals surface area contributed by atoms with Gasteiger partial charge in [0, 0.05) is 13.1 Å². The maximum Gasteiger partial charge on any atom is 0.276 e. The standard InChI is InChI=1S/C10H19F2N2OP/c1-6-2-8(15-7-4-13-5-7)9(14-3-6)10(11,12)16/h6-9,13-14H,2-5,16H2,1H3. The van der Waals surface area contributed by atoms with E-state index in [0.717, 1.165) is 13.1 Å². The SMILES string of the molecule is CC1CNC(C(F)(F)P)C(OC2CNC2)C1. The molecule has 2 rings (SSSR count). The number of hydrogen-bond donors (Lipinski definition) is 2. The van der Waals surface area contributed by atoms with Crippen molar-refractivity contribution < 1.29 is 13.5 Å². The van der Waals surface area contributed by atoms with Gasteiger partial charge in [-0.1, -0.05) is 16.2 Å². The van der Waals surface area contributed by atoms with Crippen LogP contribution in [0.2, 0.25) is 0 Å². The molecule has 2 saturated heterocycles. The fourth-order valence-corrected chi connectivity index (χ4v) is 2.53. The Morgan fingerprint density at radius 1 is 1.31 bits per heavy atom. The Labute approximate surface area is 96.9 Å². The third kappa shape index (κ3) is 2.89. The Morgan fingerprint density at radius 3 is 2.50 bits per heavy atom. The van der Waals surface area contributed by atoms with E-state index in [4.69, 9.17) is 4.74 Å². The summed E-state index contributed by atoms with van der Waals surface area (Å²) in [6.45, 7) is 4.25. The van der Waals surface area contributed by atoms with E-state index >= 15 is 0 Å². The highest BCUT2D eigenvalue weighted by Crippen LogP contribution is 2.34. The van der Waals surface area contributed by atoms with E-state index in [9.17, 15) is 8.78 Å². The third-order valence-corrected chi connectivity index (χ3v) is 3.58. The maximum absolute atomic E-state index is 13.4. The van der Waals surface area contributed by atoms with Gasteiger partial charge in [-0.15, -0.1) is 0 Å². The van der Waals surface area contributed by atoms with Crippen LogP contribution in [-0.4, -0.2) is 43.5 Å². The third-order valence-electron chi connectivity index (χ3n) is 3.22. The smallest absolute Gasteiger partial charge is 0.276 e. The van der Waals surface area contributed by atoms with Gasteiger partial charge in [-0.2, -0.15) is 0 Å². The summed E-state index contributed by atoms with van der Waals surface area (Å²) in [5.74, 6) is 0.390. The van der Waals surface area contributed by atoms with E-state index in [2.05, 4.69) is 17.6 Å². The number of nitrogens with one attached hydrogen (secondary N) is 2. The molecule has 2 N–H and O–H groups in total. The minimum Gasteiger partial charge on any atom is -0.370 e. The van der Waals surface area contributed by atoms with Crippen LogP contribution >= 0.6 is 9.24 Å². The zero-order valence-electron chi connectivity index (χ0n) is 9.38. The van der Waals surface area contributed by atoms with Crippen molar-refractivity contribution in [1.29, 1.82) is 0 Å². The van der Waals surface area contributed by atoms with Crippen molar-refractivity contribution >= 4 is 9.24 Å². The fourth-order valence-electron chi connectivity index (χ4n) is 2.20. The van der Waals surface area contributed by atoms with Gasteiger partial charge in [-0.25, -0.2) is 8.78 Å². The molecule has 2 aliphatic heterocycles. The van der Waals surface area contributed by atoms with Crippen molar-refractivity contribution in [3.8, 4) is 0 Å². The van der Waals surface area contributed by atoms with Crippen molar-refractivity contribution in [2.75, 3.05) is 19.6 Å². The van der Waals surface area contributed by atoms with Crippen LogP contribution < -0.4 is 10.6 Å². The summed E-state index contributed by atoms with van der Waals surface area (Å²) in [4.78, 5) is 0. The molecule has 0 saturated carbocycles. The number of piperidine rings is 1. The summed E-state index contributed by atoms with van der Waals surface area (Å²) < 4.78 is 32.4. The van der Waals surface area contributed by atoms with Crippen LogP contribution in [0.1, 0.15) is 13.3 Å². The number of rotatable bonds is 3. The molecule has 0 aromatic carbocycles. The minimum atomic E-state index is -2.80. The predicted octanol–water partition coefficient (Wildman–Crippen LogP) is 0.809. The van der Waals surface area contributed by atoms with Crippen molar-refractivity contribution in [2.24, 2.45) is 5.92 Å². The van der Waals surface area contributed by atoms with Gasteiger partial charge in [0.25, 0.3) is 5.66 Å². The molecule has 0 aromatic heterocycles. The highest BCUT2D eigenvalue weighted by molar-refractivity contribution is 7.18. The molecule has 2 heterocycles. The Bertz CT molecular complexity index is 245. The molecule has 0 aliphatic carbocycles. The molecule has 2 fully saturated rings.